The van der Waals surface area contributed by atoms with Gasteiger partial charge in [-0.25, -0.2) is 9.07 Å². The van der Waals surface area contributed by atoms with Crippen molar-refractivity contribution in [3.8, 4) is 5.69 Å². The molecule has 1 saturated heterocycles. The number of hydrogen-bond acceptors (Lipinski definition) is 5. The number of carbonyl (C=O) groups is 1. The van der Waals surface area contributed by atoms with Gasteiger partial charge in [0.2, 0.25) is 0 Å². The van der Waals surface area contributed by atoms with Gasteiger partial charge < -0.3 is 10.1 Å². The van der Waals surface area contributed by atoms with Crippen LogP contribution in [0.4, 0.5) is 4.39 Å². The number of ether oxygens (including phenoxy) is 1. The molecule has 3 aliphatic rings. The van der Waals surface area contributed by atoms with Crippen LogP contribution in [0.2, 0.25) is 0 Å². The summed E-state index contributed by atoms with van der Waals surface area (Å²) in [6.45, 7) is 4.65. The molecule has 3 aromatic rings. The van der Waals surface area contributed by atoms with Gasteiger partial charge in [-0.1, -0.05) is 25.1 Å². The van der Waals surface area contributed by atoms with Gasteiger partial charge in [-0.3, -0.25) is 4.79 Å². The van der Waals surface area contributed by atoms with Gasteiger partial charge in [-0.2, -0.15) is 5.10 Å². The molecule has 184 valence electrons. The second kappa shape index (κ2) is 11.0. The van der Waals surface area contributed by atoms with E-state index in [2.05, 4.69) is 46.7 Å². The SMILES string of the molecule is CCNC(=O)c1ccccc1CC.Fc1ccc(-n2ncc3c2C=C2CCC4OC24C3)cc1.SS. The maximum atomic E-state index is 13.0. The third kappa shape index (κ3) is 5.06. The third-order valence-electron chi connectivity index (χ3n) is 6.74. The van der Waals surface area contributed by atoms with Crippen LogP contribution in [-0.4, -0.2) is 33.9 Å². The summed E-state index contributed by atoms with van der Waals surface area (Å²) in [5.41, 5.74) is 6.55. The monoisotopic (exact) mass is 511 g/mol. The molecule has 1 spiro atoms. The van der Waals surface area contributed by atoms with E-state index in [1.807, 2.05) is 42.1 Å². The maximum Gasteiger partial charge on any atom is 0.251 e. The lowest BCUT2D eigenvalue weighted by Crippen LogP contribution is -2.23. The number of fused-ring (bicyclic) bond motifs is 1. The predicted molar refractivity (Wildman–Crippen MR) is 144 cm³/mol. The van der Waals surface area contributed by atoms with E-state index in [1.165, 1.54) is 23.3 Å². The summed E-state index contributed by atoms with van der Waals surface area (Å²) in [5.74, 6) is -0.197. The number of nitrogens with one attached hydrogen (secondary N) is 1. The smallest absolute Gasteiger partial charge is 0.251 e. The first-order valence-corrected chi connectivity index (χ1v) is 13.4. The van der Waals surface area contributed by atoms with Gasteiger partial charge in [0.05, 0.1) is 23.7 Å². The van der Waals surface area contributed by atoms with Crippen LogP contribution in [0.3, 0.4) is 0 Å². The summed E-state index contributed by atoms with van der Waals surface area (Å²) >= 11 is 6.44. The van der Waals surface area contributed by atoms with Gasteiger partial charge >= 0.3 is 0 Å². The number of rotatable bonds is 4. The molecule has 2 fully saturated rings. The summed E-state index contributed by atoms with van der Waals surface area (Å²) in [7, 11) is 0. The molecule has 8 heteroatoms. The molecule has 1 saturated carbocycles. The summed E-state index contributed by atoms with van der Waals surface area (Å²) < 4.78 is 20.8. The first kappa shape index (κ1) is 25.5. The van der Waals surface area contributed by atoms with Crippen LogP contribution in [0.5, 0.6) is 0 Å². The molecule has 0 radical (unpaired) electrons. The molecule has 1 amide bonds. The molecule has 5 nitrogen and oxygen atoms in total. The van der Waals surface area contributed by atoms with E-state index in [1.54, 1.807) is 12.1 Å². The Labute approximate surface area is 216 Å². The zero-order valence-corrected chi connectivity index (χ0v) is 21.7. The van der Waals surface area contributed by atoms with E-state index in [0.717, 1.165) is 48.2 Å². The highest BCUT2D eigenvalue weighted by Gasteiger charge is 2.63. The number of nitrogens with zero attached hydrogens (tertiary/aromatic N) is 2. The Morgan fingerprint density at radius 3 is 2.63 bits per heavy atom. The molecule has 1 N–H and O–H groups in total. The number of aromatic nitrogens is 2. The molecule has 2 unspecified atom stereocenters. The van der Waals surface area contributed by atoms with E-state index < -0.39 is 0 Å². The van der Waals surface area contributed by atoms with Crippen molar-refractivity contribution in [1.82, 2.24) is 15.1 Å². The van der Waals surface area contributed by atoms with Crippen molar-refractivity contribution < 1.29 is 13.9 Å². The molecule has 6 rings (SSSR count). The molecule has 2 atom stereocenters. The van der Waals surface area contributed by atoms with Crippen LogP contribution >= 0.6 is 23.3 Å². The number of benzene rings is 2. The lowest BCUT2D eigenvalue weighted by atomic mass is 9.87. The fraction of sp³-hybridized carbons (Fsp3) is 0.333. The van der Waals surface area contributed by atoms with Crippen molar-refractivity contribution in [3.05, 3.63) is 88.5 Å². The van der Waals surface area contributed by atoms with Crippen LogP contribution in [-0.2, 0) is 17.6 Å². The molecule has 0 bridgehead atoms. The number of halogens is 1. The minimum absolute atomic E-state index is 0.00363. The van der Waals surface area contributed by atoms with Crippen LogP contribution in [0.1, 0.15) is 53.9 Å². The molecule has 2 aromatic carbocycles. The number of amides is 1. The van der Waals surface area contributed by atoms with Crippen molar-refractivity contribution in [2.24, 2.45) is 0 Å². The van der Waals surface area contributed by atoms with E-state index in [4.69, 9.17) is 4.74 Å². The molecular weight excluding hydrogens is 481 g/mol. The number of epoxide rings is 1. The summed E-state index contributed by atoms with van der Waals surface area (Å²) in [4.78, 5) is 11.5. The fourth-order valence-electron chi connectivity index (χ4n) is 4.98. The Hall–Kier alpha value is -2.55. The Morgan fingerprint density at radius 1 is 1.20 bits per heavy atom. The van der Waals surface area contributed by atoms with Crippen LogP contribution in [0.15, 0.2) is 60.3 Å². The van der Waals surface area contributed by atoms with E-state index >= 15 is 0 Å². The van der Waals surface area contributed by atoms with Gasteiger partial charge in [-0.15, -0.1) is 23.3 Å². The first-order valence-electron chi connectivity index (χ1n) is 11.8. The lowest BCUT2D eigenvalue weighted by Gasteiger charge is -2.19. The second-order valence-corrected chi connectivity index (χ2v) is 8.69. The summed E-state index contributed by atoms with van der Waals surface area (Å²) in [5, 5.41) is 7.27. The molecule has 1 aromatic heterocycles. The van der Waals surface area contributed by atoms with E-state index in [9.17, 15) is 9.18 Å². The number of aryl methyl sites for hydroxylation is 1. The Morgan fingerprint density at radius 2 is 1.94 bits per heavy atom. The average molecular weight is 512 g/mol. The predicted octanol–water partition coefficient (Wildman–Crippen LogP) is 5.64. The lowest BCUT2D eigenvalue weighted by molar-refractivity contribution is 0.0955. The number of hydrogen-bond donors (Lipinski definition) is 3. The highest BCUT2D eigenvalue weighted by molar-refractivity contribution is 8.59. The van der Waals surface area contributed by atoms with E-state index in [-0.39, 0.29) is 17.3 Å². The average Bonchev–Trinajstić information content (AvgIpc) is 3.24. The van der Waals surface area contributed by atoms with Gasteiger partial charge in [0, 0.05) is 24.1 Å². The van der Waals surface area contributed by atoms with Crippen molar-refractivity contribution in [2.45, 2.75) is 51.2 Å². The minimum Gasteiger partial charge on any atom is -0.361 e. The molecule has 35 heavy (non-hydrogen) atoms. The molecule has 2 heterocycles. The maximum absolute atomic E-state index is 13.0. The van der Waals surface area contributed by atoms with Gasteiger partial charge in [0.25, 0.3) is 5.91 Å². The van der Waals surface area contributed by atoms with Crippen LogP contribution in [0.25, 0.3) is 11.8 Å². The minimum atomic E-state index is -0.225. The number of carbonyl (C=O) groups excluding carboxylic acids is 1. The zero-order valence-electron chi connectivity index (χ0n) is 19.9. The summed E-state index contributed by atoms with van der Waals surface area (Å²) in [6, 6.07) is 14.2. The van der Waals surface area contributed by atoms with Crippen LogP contribution in [0, 0.1) is 5.82 Å². The largest absolute Gasteiger partial charge is 0.361 e. The van der Waals surface area contributed by atoms with Crippen molar-refractivity contribution >= 4 is 35.3 Å². The highest BCUT2D eigenvalue weighted by Crippen LogP contribution is 2.57. The highest BCUT2D eigenvalue weighted by atomic mass is 33.1. The Balaban J connectivity index is 0.000000169. The van der Waals surface area contributed by atoms with E-state index in [0.29, 0.717) is 12.6 Å². The standard InChI is InChI=1S/C16H13FN2O.C11H15NO.H2S2/c17-12-2-4-13(5-3-12)19-14-7-11-1-6-15-16(11,20-15)8-10(14)9-18-19;1-3-9-7-5-6-8-10(9)11(13)12-4-2;1-2/h2-5,7,9,15H,1,6,8H2;5-8H,3-4H2,1-2H3,(H,12,13);1-2H. The molecule has 1 aliphatic heterocycles. The normalized spacial score (nSPS) is 20.6. The fourth-order valence-corrected chi connectivity index (χ4v) is 4.98. The van der Waals surface area contributed by atoms with Gasteiger partial charge in [0.1, 0.15) is 11.4 Å². The van der Waals surface area contributed by atoms with Gasteiger partial charge in [0.15, 0.2) is 0 Å². The van der Waals surface area contributed by atoms with Crippen molar-refractivity contribution in [2.75, 3.05) is 6.54 Å². The first-order chi connectivity index (χ1) is 17.1. The molecular formula is C27H30FN3O2S2. The van der Waals surface area contributed by atoms with Crippen molar-refractivity contribution in [1.29, 1.82) is 0 Å². The van der Waals surface area contributed by atoms with Crippen molar-refractivity contribution in [3.63, 3.8) is 0 Å². The second-order valence-electron chi connectivity index (χ2n) is 8.69. The topological polar surface area (TPSA) is 59.5 Å². The molecule has 2 aliphatic carbocycles. The van der Waals surface area contributed by atoms with Crippen LogP contribution < -0.4 is 5.32 Å². The van der Waals surface area contributed by atoms with Gasteiger partial charge in [-0.05, 0) is 73.7 Å². The zero-order chi connectivity index (χ0) is 25.0. The summed E-state index contributed by atoms with van der Waals surface area (Å²) in [6.07, 6.45) is 8.66. The quantitative estimate of drug-likeness (QED) is 0.241. The Bertz CT molecular complexity index is 1230. The number of thiol groups is 2. The Kier molecular flexibility index (Phi) is 8.04. The third-order valence-corrected chi connectivity index (χ3v) is 6.74.